The van der Waals surface area contributed by atoms with Crippen molar-refractivity contribution in [2.24, 2.45) is 0 Å². The van der Waals surface area contributed by atoms with Crippen LogP contribution in [0.3, 0.4) is 0 Å². The maximum Gasteiger partial charge on any atom is 0.251 e. The highest BCUT2D eigenvalue weighted by atomic mass is 16.2. The van der Waals surface area contributed by atoms with E-state index in [2.05, 4.69) is 20.8 Å². The first-order valence-corrected chi connectivity index (χ1v) is 9.76. The molecule has 3 N–H and O–H groups in total. The van der Waals surface area contributed by atoms with Gasteiger partial charge in [0.25, 0.3) is 5.91 Å². The van der Waals surface area contributed by atoms with Crippen molar-refractivity contribution in [3.63, 3.8) is 0 Å². The molecule has 4 rings (SSSR count). The van der Waals surface area contributed by atoms with E-state index in [9.17, 15) is 14.4 Å². The second kappa shape index (κ2) is 8.66. The van der Waals surface area contributed by atoms with Crippen molar-refractivity contribution in [3.8, 4) is 22.5 Å². The SMILES string of the molecule is CC(=O)N1CC=C[C@H]1C(=O)Nc1ccc(-c2cc(-c3ccc(NC=O)cc3)n[nH]2)cc1. The Morgan fingerprint density at radius 2 is 1.74 bits per heavy atom. The number of aromatic nitrogens is 2. The lowest BCUT2D eigenvalue weighted by molar-refractivity contribution is -0.134. The molecule has 0 fully saturated rings. The Kier molecular flexibility index (Phi) is 5.61. The molecule has 3 amide bonds. The fraction of sp³-hybridized carbons (Fsp3) is 0.130. The predicted octanol–water partition coefficient (Wildman–Crippen LogP) is 3.04. The number of anilines is 2. The molecule has 1 aliphatic heterocycles. The number of nitrogens with zero attached hydrogens (tertiary/aromatic N) is 2. The zero-order chi connectivity index (χ0) is 21.8. The summed E-state index contributed by atoms with van der Waals surface area (Å²) in [4.78, 5) is 36.2. The average molecular weight is 415 g/mol. The van der Waals surface area contributed by atoms with Crippen LogP contribution in [0, 0.1) is 0 Å². The summed E-state index contributed by atoms with van der Waals surface area (Å²) in [6, 6.07) is 16.1. The summed E-state index contributed by atoms with van der Waals surface area (Å²) in [5.41, 5.74) is 4.82. The van der Waals surface area contributed by atoms with E-state index in [1.807, 2.05) is 60.7 Å². The summed E-state index contributed by atoms with van der Waals surface area (Å²) in [5, 5.41) is 12.8. The van der Waals surface area contributed by atoms with Crippen LogP contribution in [0.5, 0.6) is 0 Å². The third-order valence-electron chi connectivity index (χ3n) is 5.08. The van der Waals surface area contributed by atoms with Gasteiger partial charge in [0, 0.05) is 30.4 Å². The van der Waals surface area contributed by atoms with Gasteiger partial charge in [-0.1, -0.05) is 36.4 Å². The Morgan fingerprint density at radius 3 is 2.42 bits per heavy atom. The lowest BCUT2D eigenvalue weighted by atomic mass is 10.1. The number of benzene rings is 2. The summed E-state index contributed by atoms with van der Waals surface area (Å²) in [7, 11) is 0. The van der Waals surface area contributed by atoms with Crippen LogP contribution < -0.4 is 10.6 Å². The van der Waals surface area contributed by atoms with Gasteiger partial charge in [-0.25, -0.2) is 0 Å². The van der Waals surface area contributed by atoms with Crippen LogP contribution in [0.4, 0.5) is 11.4 Å². The maximum atomic E-state index is 12.5. The molecule has 1 aliphatic rings. The fourth-order valence-electron chi connectivity index (χ4n) is 3.45. The molecule has 0 bridgehead atoms. The number of hydrogen-bond acceptors (Lipinski definition) is 4. The zero-order valence-corrected chi connectivity index (χ0v) is 16.8. The minimum Gasteiger partial charge on any atom is -0.329 e. The molecule has 1 aromatic heterocycles. The molecule has 0 saturated heterocycles. The van der Waals surface area contributed by atoms with Crippen molar-refractivity contribution >= 4 is 29.6 Å². The van der Waals surface area contributed by atoms with E-state index in [0.29, 0.717) is 24.3 Å². The predicted molar refractivity (Wildman–Crippen MR) is 118 cm³/mol. The van der Waals surface area contributed by atoms with Crippen molar-refractivity contribution in [3.05, 3.63) is 66.7 Å². The van der Waals surface area contributed by atoms with Crippen LogP contribution in [0.25, 0.3) is 22.5 Å². The van der Waals surface area contributed by atoms with E-state index in [1.54, 1.807) is 6.08 Å². The van der Waals surface area contributed by atoms with Gasteiger partial charge in [0.2, 0.25) is 12.3 Å². The first-order valence-electron chi connectivity index (χ1n) is 9.76. The molecule has 8 nitrogen and oxygen atoms in total. The highest BCUT2D eigenvalue weighted by Gasteiger charge is 2.28. The molecule has 2 aromatic carbocycles. The third kappa shape index (κ3) is 4.37. The highest BCUT2D eigenvalue weighted by Crippen LogP contribution is 2.26. The number of rotatable bonds is 6. The molecule has 0 spiro atoms. The highest BCUT2D eigenvalue weighted by molar-refractivity contribution is 5.99. The minimum absolute atomic E-state index is 0.134. The van der Waals surface area contributed by atoms with E-state index in [1.165, 1.54) is 11.8 Å². The summed E-state index contributed by atoms with van der Waals surface area (Å²) in [6.45, 7) is 1.90. The summed E-state index contributed by atoms with van der Waals surface area (Å²) >= 11 is 0. The molecular formula is C23H21N5O3. The molecule has 2 heterocycles. The Bertz CT molecular complexity index is 1130. The van der Waals surface area contributed by atoms with Gasteiger partial charge in [0.15, 0.2) is 0 Å². The smallest absolute Gasteiger partial charge is 0.251 e. The second-order valence-electron chi connectivity index (χ2n) is 7.12. The van der Waals surface area contributed by atoms with E-state index in [-0.39, 0.29) is 11.8 Å². The van der Waals surface area contributed by atoms with Crippen LogP contribution in [0.15, 0.2) is 66.7 Å². The van der Waals surface area contributed by atoms with Crippen molar-refractivity contribution in [2.45, 2.75) is 13.0 Å². The number of amides is 3. The van der Waals surface area contributed by atoms with Crippen molar-refractivity contribution in [2.75, 3.05) is 17.2 Å². The molecule has 0 aliphatic carbocycles. The molecule has 156 valence electrons. The molecular weight excluding hydrogens is 394 g/mol. The van der Waals surface area contributed by atoms with E-state index in [4.69, 9.17) is 0 Å². The van der Waals surface area contributed by atoms with Crippen molar-refractivity contribution < 1.29 is 14.4 Å². The number of aromatic amines is 1. The molecule has 0 unspecified atom stereocenters. The second-order valence-corrected chi connectivity index (χ2v) is 7.12. The lowest BCUT2D eigenvalue weighted by Gasteiger charge is -2.22. The average Bonchev–Trinajstić information content (AvgIpc) is 3.45. The molecule has 31 heavy (non-hydrogen) atoms. The largest absolute Gasteiger partial charge is 0.329 e. The van der Waals surface area contributed by atoms with Gasteiger partial charge in [-0.2, -0.15) is 5.10 Å². The first-order chi connectivity index (χ1) is 15.0. The normalized spacial score (nSPS) is 15.0. The quantitative estimate of drug-likeness (QED) is 0.425. The van der Waals surface area contributed by atoms with E-state index < -0.39 is 6.04 Å². The van der Waals surface area contributed by atoms with Crippen molar-refractivity contribution in [1.29, 1.82) is 0 Å². The lowest BCUT2D eigenvalue weighted by Crippen LogP contribution is -2.42. The van der Waals surface area contributed by atoms with E-state index in [0.717, 1.165) is 22.5 Å². The van der Waals surface area contributed by atoms with Gasteiger partial charge < -0.3 is 15.5 Å². The monoisotopic (exact) mass is 415 g/mol. The number of carbonyl (C=O) groups is 3. The zero-order valence-electron chi connectivity index (χ0n) is 16.8. The standard InChI is InChI=1S/C23H21N5O3/c1-15(30)28-12-2-3-22(28)23(31)25-19-10-6-17(7-11-19)21-13-20(26-27-21)16-4-8-18(9-5-16)24-14-29/h2-11,13-14,22H,12H2,1H3,(H,24,29)(H,25,31)(H,26,27)/t22-/m0/s1. The number of nitrogens with one attached hydrogen (secondary N) is 3. The van der Waals surface area contributed by atoms with Gasteiger partial charge in [0.1, 0.15) is 6.04 Å². The Labute approximate surface area is 179 Å². The Balaban J connectivity index is 1.44. The molecule has 0 radical (unpaired) electrons. The van der Waals surface area contributed by atoms with Gasteiger partial charge >= 0.3 is 0 Å². The van der Waals surface area contributed by atoms with Crippen molar-refractivity contribution in [1.82, 2.24) is 15.1 Å². The first kappa shape index (κ1) is 20.1. The van der Waals surface area contributed by atoms with Crippen LogP contribution >= 0.6 is 0 Å². The molecule has 0 saturated carbocycles. The minimum atomic E-state index is -0.583. The maximum absolute atomic E-state index is 12.5. The van der Waals surface area contributed by atoms with Gasteiger partial charge in [-0.3, -0.25) is 19.5 Å². The van der Waals surface area contributed by atoms with Gasteiger partial charge in [-0.05, 0) is 35.9 Å². The van der Waals surface area contributed by atoms with Gasteiger partial charge in [0.05, 0.1) is 11.4 Å². The molecule has 3 aromatic rings. The third-order valence-corrected chi connectivity index (χ3v) is 5.08. The Hall–Kier alpha value is -4.20. The fourth-order valence-corrected chi connectivity index (χ4v) is 3.45. The summed E-state index contributed by atoms with van der Waals surface area (Å²) in [6.07, 6.45) is 4.19. The topological polar surface area (TPSA) is 107 Å². The van der Waals surface area contributed by atoms with Crippen LogP contribution in [0.2, 0.25) is 0 Å². The number of hydrogen-bond donors (Lipinski definition) is 3. The summed E-state index contributed by atoms with van der Waals surface area (Å²) in [5.74, 6) is -0.377. The van der Waals surface area contributed by atoms with E-state index >= 15 is 0 Å². The van der Waals surface area contributed by atoms with Gasteiger partial charge in [-0.15, -0.1) is 0 Å². The van der Waals surface area contributed by atoms with Crippen LogP contribution in [-0.2, 0) is 14.4 Å². The van der Waals surface area contributed by atoms with Crippen LogP contribution in [-0.4, -0.2) is 45.9 Å². The molecule has 1 atom stereocenters. The van der Waals surface area contributed by atoms with Crippen LogP contribution in [0.1, 0.15) is 6.92 Å². The number of carbonyl (C=O) groups excluding carboxylic acids is 3. The summed E-state index contributed by atoms with van der Waals surface area (Å²) < 4.78 is 0. The number of H-pyrrole nitrogens is 1. The Morgan fingerprint density at radius 1 is 1.06 bits per heavy atom. The molecule has 8 heteroatoms.